The average molecular weight is 359 g/mol. The van der Waals surface area contributed by atoms with E-state index in [0.717, 1.165) is 32.2 Å². The highest BCUT2D eigenvalue weighted by atomic mass is 32.1. The van der Waals surface area contributed by atoms with E-state index in [1.807, 2.05) is 67.6 Å². The van der Waals surface area contributed by atoms with Gasteiger partial charge in [-0.25, -0.2) is 9.97 Å². The summed E-state index contributed by atoms with van der Waals surface area (Å²) >= 11 is 1.56. The van der Waals surface area contributed by atoms with Crippen LogP contribution in [0.5, 0.6) is 0 Å². The van der Waals surface area contributed by atoms with E-state index in [1.165, 1.54) is 5.56 Å². The van der Waals surface area contributed by atoms with E-state index in [9.17, 15) is 4.79 Å². The predicted octanol–water partition coefficient (Wildman–Crippen LogP) is 4.85. The standard InChI is InChI=1S/C21H17N3OS/c1-14-4-6-15(7-5-14)13-19(25)23-17-10-8-16(9-11-17)20-24-18-3-2-12-22-21(18)26-20/h2-12H,13H2,1H3,(H,23,25). The number of thiazole rings is 1. The van der Waals surface area contributed by atoms with Crippen molar-refractivity contribution in [2.45, 2.75) is 13.3 Å². The third kappa shape index (κ3) is 3.63. The van der Waals surface area contributed by atoms with E-state index in [4.69, 9.17) is 0 Å². The number of amides is 1. The molecule has 0 atom stereocenters. The Morgan fingerprint density at radius 1 is 1.04 bits per heavy atom. The van der Waals surface area contributed by atoms with Gasteiger partial charge in [0.1, 0.15) is 15.4 Å². The molecule has 0 radical (unpaired) electrons. The molecular weight excluding hydrogens is 342 g/mol. The van der Waals surface area contributed by atoms with Crippen LogP contribution in [0.15, 0.2) is 66.9 Å². The summed E-state index contributed by atoms with van der Waals surface area (Å²) in [4.78, 5) is 22.1. The summed E-state index contributed by atoms with van der Waals surface area (Å²) in [5, 5.41) is 3.87. The van der Waals surface area contributed by atoms with Gasteiger partial charge < -0.3 is 5.32 Å². The van der Waals surface area contributed by atoms with Gasteiger partial charge in [0.2, 0.25) is 5.91 Å². The van der Waals surface area contributed by atoms with Gasteiger partial charge in [-0.3, -0.25) is 4.79 Å². The normalized spacial score (nSPS) is 10.8. The van der Waals surface area contributed by atoms with E-state index in [1.54, 1.807) is 17.5 Å². The van der Waals surface area contributed by atoms with Crippen molar-refractivity contribution >= 4 is 33.3 Å². The van der Waals surface area contributed by atoms with Crippen molar-refractivity contribution < 1.29 is 4.79 Å². The maximum absolute atomic E-state index is 12.2. The van der Waals surface area contributed by atoms with Crippen molar-refractivity contribution in [3.8, 4) is 10.6 Å². The van der Waals surface area contributed by atoms with Gasteiger partial charge in [0, 0.05) is 17.4 Å². The molecule has 1 N–H and O–H groups in total. The van der Waals surface area contributed by atoms with Crippen molar-refractivity contribution in [3.05, 3.63) is 78.0 Å². The van der Waals surface area contributed by atoms with E-state index in [2.05, 4.69) is 15.3 Å². The number of nitrogens with one attached hydrogen (secondary N) is 1. The first-order chi connectivity index (χ1) is 12.7. The second kappa shape index (κ2) is 7.06. The number of carbonyl (C=O) groups is 1. The maximum atomic E-state index is 12.2. The fraction of sp³-hybridized carbons (Fsp3) is 0.0952. The molecule has 0 saturated carbocycles. The number of pyridine rings is 1. The summed E-state index contributed by atoms with van der Waals surface area (Å²) in [5.74, 6) is -0.0224. The van der Waals surface area contributed by atoms with Crippen molar-refractivity contribution in [1.82, 2.24) is 9.97 Å². The number of benzene rings is 2. The quantitative estimate of drug-likeness (QED) is 0.567. The second-order valence-electron chi connectivity index (χ2n) is 6.13. The molecule has 26 heavy (non-hydrogen) atoms. The molecule has 0 fully saturated rings. The monoisotopic (exact) mass is 359 g/mol. The van der Waals surface area contributed by atoms with Crippen LogP contribution in [0.2, 0.25) is 0 Å². The lowest BCUT2D eigenvalue weighted by Gasteiger charge is -2.06. The van der Waals surface area contributed by atoms with Gasteiger partial charge in [0.15, 0.2) is 0 Å². The minimum atomic E-state index is -0.0224. The van der Waals surface area contributed by atoms with Crippen LogP contribution in [0.4, 0.5) is 5.69 Å². The highest BCUT2D eigenvalue weighted by Gasteiger charge is 2.08. The zero-order valence-corrected chi connectivity index (χ0v) is 15.1. The highest BCUT2D eigenvalue weighted by molar-refractivity contribution is 7.21. The zero-order chi connectivity index (χ0) is 17.9. The average Bonchev–Trinajstić information content (AvgIpc) is 3.08. The Kier molecular flexibility index (Phi) is 4.46. The van der Waals surface area contributed by atoms with Crippen LogP contribution < -0.4 is 5.32 Å². The summed E-state index contributed by atoms with van der Waals surface area (Å²) in [6.07, 6.45) is 2.14. The largest absolute Gasteiger partial charge is 0.326 e. The van der Waals surface area contributed by atoms with Gasteiger partial charge in [-0.1, -0.05) is 41.2 Å². The number of nitrogens with zero attached hydrogens (tertiary/aromatic N) is 2. The Morgan fingerprint density at radius 2 is 1.81 bits per heavy atom. The number of hydrogen-bond acceptors (Lipinski definition) is 4. The van der Waals surface area contributed by atoms with E-state index in [0.29, 0.717) is 6.42 Å². The van der Waals surface area contributed by atoms with E-state index < -0.39 is 0 Å². The molecule has 2 aromatic carbocycles. The lowest BCUT2D eigenvalue weighted by atomic mass is 10.1. The van der Waals surface area contributed by atoms with Gasteiger partial charge in [-0.15, -0.1) is 0 Å². The number of rotatable bonds is 4. The SMILES string of the molecule is Cc1ccc(CC(=O)Nc2ccc(-c3nc4cccnc4s3)cc2)cc1. The van der Waals surface area contributed by atoms with E-state index in [-0.39, 0.29) is 5.91 Å². The predicted molar refractivity (Wildman–Crippen MR) is 106 cm³/mol. The minimum Gasteiger partial charge on any atom is -0.326 e. The highest BCUT2D eigenvalue weighted by Crippen LogP contribution is 2.29. The Labute approximate surface area is 155 Å². The molecule has 0 aliphatic heterocycles. The summed E-state index contributed by atoms with van der Waals surface area (Å²) in [7, 11) is 0. The van der Waals surface area contributed by atoms with Gasteiger partial charge in [-0.05, 0) is 48.9 Å². The fourth-order valence-corrected chi connectivity index (χ4v) is 3.60. The van der Waals surface area contributed by atoms with Crippen LogP contribution in [0, 0.1) is 6.92 Å². The number of aryl methyl sites for hydroxylation is 1. The van der Waals surface area contributed by atoms with Crippen molar-refractivity contribution in [1.29, 1.82) is 0 Å². The van der Waals surface area contributed by atoms with Crippen molar-refractivity contribution in [2.75, 3.05) is 5.32 Å². The molecule has 1 amide bonds. The Morgan fingerprint density at radius 3 is 2.54 bits per heavy atom. The maximum Gasteiger partial charge on any atom is 0.228 e. The Balaban J connectivity index is 1.45. The van der Waals surface area contributed by atoms with Crippen LogP contribution in [0.25, 0.3) is 20.9 Å². The molecule has 0 saturated heterocycles. The lowest BCUT2D eigenvalue weighted by molar-refractivity contribution is -0.115. The minimum absolute atomic E-state index is 0.0224. The number of aromatic nitrogens is 2. The molecule has 5 heteroatoms. The molecule has 0 aliphatic rings. The molecule has 0 bridgehead atoms. The fourth-order valence-electron chi connectivity index (χ4n) is 2.69. The van der Waals surface area contributed by atoms with Crippen LogP contribution in [-0.2, 0) is 11.2 Å². The van der Waals surface area contributed by atoms with Gasteiger partial charge in [0.25, 0.3) is 0 Å². The third-order valence-corrected chi connectivity index (χ3v) is 5.10. The van der Waals surface area contributed by atoms with Crippen molar-refractivity contribution in [3.63, 3.8) is 0 Å². The molecule has 0 spiro atoms. The lowest BCUT2D eigenvalue weighted by Crippen LogP contribution is -2.14. The Bertz CT molecular complexity index is 1020. The van der Waals surface area contributed by atoms with Crippen LogP contribution in [-0.4, -0.2) is 15.9 Å². The topological polar surface area (TPSA) is 54.9 Å². The molecule has 2 heterocycles. The number of fused-ring (bicyclic) bond motifs is 1. The zero-order valence-electron chi connectivity index (χ0n) is 14.3. The first kappa shape index (κ1) is 16.4. The number of carbonyl (C=O) groups excluding carboxylic acids is 1. The van der Waals surface area contributed by atoms with Gasteiger partial charge >= 0.3 is 0 Å². The third-order valence-electron chi connectivity index (χ3n) is 4.07. The van der Waals surface area contributed by atoms with Gasteiger partial charge in [0.05, 0.1) is 6.42 Å². The second-order valence-corrected chi connectivity index (χ2v) is 7.11. The first-order valence-electron chi connectivity index (χ1n) is 8.35. The van der Waals surface area contributed by atoms with Crippen LogP contribution >= 0.6 is 11.3 Å². The summed E-state index contributed by atoms with van der Waals surface area (Å²) < 4.78 is 0. The van der Waals surface area contributed by atoms with Crippen LogP contribution in [0.3, 0.4) is 0 Å². The summed E-state index contributed by atoms with van der Waals surface area (Å²) in [5.41, 5.74) is 4.90. The van der Waals surface area contributed by atoms with Crippen molar-refractivity contribution in [2.24, 2.45) is 0 Å². The summed E-state index contributed by atoms with van der Waals surface area (Å²) in [6, 6.07) is 19.6. The molecule has 128 valence electrons. The Hall–Kier alpha value is -3.05. The molecule has 4 nitrogen and oxygen atoms in total. The molecule has 2 aromatic heterocycles. The molecule has 0 aliphatic carbocycles. The number of anilines is 1. The summed E-state index contributed by atoms with van der Waals surface area (Å²) in [6.45, 7) is 2.03. The molecular formula is C21H17N3OS. The van der Waals surface area contributed by atoms with E-state index >= 15 is 0 Å². The molecule has 0 unspecified atom stereocenters. The molecule has 4 aromatic rings. The first-order valence-corrected chi connectivity index (χ1v) is 9.16. The molecule has 4 rings (SSSR count). The van der Waals surface area contributed by atoms with Crippen LogP contribution in [0.1, 0.15) is 11.1 Å². The smallest absolute Gasteiger partial charge is 0.228 e. The number of hydrogen-bond donors (Lipinski definition) is 1. The van der Waals surface area contributed by atoms with Gasteiger partial charge in [-0.2, -0.15) is 0 Å².